The number of anilines is 1. The lowest BCUT2D eigenvalue weighted by Crippen LogP contribution is -2.38. The van der Waals surface area contributed by atoms with Gasteiger partial charge in [-0.15, -0.1) is 0 Å². The fourth-order valence-electron chi connectivity index (χ4n) is 2.92. The highest BCUT2D eigenvalue weighted by molar-refractivity contribution is 7.93. The van der Waals surface area contributed by atoms with Crippen LogP contribution in [0.1, 0.15) is 25.8 Å². The summed E-state index contributed by atoms with van der Waals surface area (Å²) in [7, 11) is -3.98. The van der Waals surface area contributed by atoms with Crippen LogP contribution in [-0.4, -0.2) is 70.5 Å². The maximum atomic E-state index is 12.4. The van der Waals surface area contributed by atoms with Crippen molar-refractivity contribution in [1.82, 2.24) is 9.62 Å². The summed E-state index contributed by atoms with van der Waals surface area (Å²) in [6, 6.07) is 9.11. The molecule has 29 heavy (non-hydrogen) atoms. The van der Waals surface area contributed by atoms with Crippen molar-refractivity contribution in [2.24, 2.45) is 0 Å². The molecular weight excluding hydrogens is 392 g/mol. The largest absolute Gasteiger partial charge is 0.392 e. The molecule has 1 saturated heterocycles. The number of nitriles is 1. The van der Waals surface area contributed by atoms with Gasteiger partial charge in [-0.05, 0) is 36.6 Å². The Balaban J connectivity index is 2.01. The van der Waals surface area contributed by atoms with Crippen LogP contribution in [0.2, 0.25) is 0 Å². The highest BCUT2D eigenvalue weighted by Gasteiger charge is 2.21. The second-order valence-electron chi connectivity index (χ2n) is 6.94. The van der Waals surface area contributed by atoms with Crippen molar-refractivity contribution in [3.63, 3.8) is 0 Å². The summed E-state index contributed by atoms with van der Waals surface area (Å²) in [6.45, 7) is 8.40. The summed E-state index contributed by atoms with van der Waals surface area (Å²) in [5, 5.41) is 22.3. The van der Waals surface area contributed by atoms with Gasteiger partial charge in [0.25, 0.3) is 10.0 Å². The minimum absolute atomic E-state index is 0.122. The van der Waals surface area contributed by atoms with Crippen LogP contribution in [0.3, 0.4) is 0 Å². The number of nitrogens with one attached hydrogen (secondary N) is 2. The number of morpholine rings is 1. The van der Waals surface area contributed by atoms with Crippen LogP contribution in [0.5, 0.6) is 0 Å². The minimum Gasteiger partial charge on any atom is -0.392 e. The van der Waals surface area contributed by atoms with Crippen molar-refractivity contribution in [1.29, 1.82) is 5.26 Å². The van der Waals surface area contributed by atoms with Crippen molar-refractivity contribution in [3.05, 3.63) is 34.7 Å². The number of allylic oxidation sites excluding steroid dienone is 2. The third kappa shape index (κ3) is 7.10. The van der Waals surface area contributed by atoms with Gasteiger partial charge in [0.05, 0.1) is 19.3 Å². The first kappa shape index (κ1) is 23.3. The molecule has 0 aliphatic carbocycles. The Morgan fingerprint density at radius 3 is 2.55 bits per heavy atom. The van der Waals surface area contributed by atoms with Crippen molar-refractivity contribution in [3.8, 4) is 6.07 Å². The maximum absolute atomic E-state index is 12.4. The molecule has 1 atom stereocenters. The van der Waals surface area contributed by atoms with Crippen LogP contribution < -0.4 is 10.0 Å². The second-order valence-corrected chi connectivity index (χ2v) is 8.64. The molecule has 2 rings (SSSR count). The van der Waals surface area contributed by atoms with E-state index >= 15 is 0 Å². The monoisotopic (exact) mass is 422 g/mol. The quantitative estimate of drug-likeness (QED) is 0.488. The fraction of sp³-hybridized carbons (Fsp3) is 0.550. The molecule has 1 aliphatic rings. The van der Waals surface area contributed by atoms with Gasteiger partial charge in [-0.2, -0.15) is 5.26 Å². The Morgan fingerprint density at radius 1 is 1.31 bits per heavy atom. The average Bonchev–Trinajstić information content (AvgIpc) is 2.73. The summed E-state index contributed by atoms with van der Waals surface area (Å²) < 4.78 is 32.5. The predicted molar refractivity (Wildman–Crippen MR) is 114 cm³/mol. The topological polar surface area (TPSA) is 115 Å². The molecule has 9 heteroatoms. The van der Waals surface area contributed by atoms with Crippen LogP contribution in [-0.2, 0) is 14.8 Å². The Labute approximate surface area is 173 Å². The summed E-state index contributed by atoms with van der Waals surface area (Å²) in [5.41, 5.74) is 1.95. The van der Waals surface area contributed by atoms with E-state index in [1.165, 1.54) is 0 Å². The summed E-state index contributed by atoms with van der Waals surface area (Å²) in [4.78, 5) is 2.00. The highest BCUT2D eigenvalue weighted by Crippen LogP contribution is 2.23. The number of benzene rings is 1. The van der Waals surface area contributed by atoms with E-state index in [4.69, 9.17) is 4.74 Å². The van der Waals surface area contributed by atoms with E-state index < -0.39 is 16.1 Å². The number of sulfonamides is 1. The molecule has 160 valence electrons. The van der Waals surface area contributed by atoms with Gasteiger partial charge in [0.2, 0.25) is 0 Å². The van der Waals surface area contributed by atoms with E-state index in [9.17, 15) is 18.8 Å². The first-order valence-corrected chi connectivity index (χ1v) is 11.3. The van der Waals surface area contributed by atoms with Crippen LogP contribution in [0.25, 0.3) is 5.57 Å². The van der Waals surface area contributed by atoms with Crippen LogP contribution in [0.4, 0.5) is 5.69 Å². The SMILES string of the molecule is CCC(O)CNS(=O)(=O)/C(C#N)=C(\C)c1ccc(NCCN2CCOCC2)cc1. The van der Waals surface area contributed by atoms with Gasteiger partial charge in [0.15, 0.2) is 4.91 Å². The molecular formula is C20H30N4O4S. The van der Waals surface area contributed by atoms with Gasteiger partial charge in [-0.1, -0.05) is 19.1 Å². The highest BCUT2D eigenvalue weighted by atomic mass is 32.2. The molecule has 0 aromatic heterocycles. The Morgan fingerprint density at radius 2 is 1.97 bits per heavy atom. The van der Waals surface area contributed by atoms with Gasteiger partial charge in [-0.3, -0.25) is 4.90 Å². The Hall–Kier alpha value is -1.96. The smallest absolute Gasteiger partial charge is 0.251 e. The van der Waals surface area contributed by atoms with E-state index in [2.05, 4.69) is 14.9 Å². The lowest BCUT2D eigenvalue weighted by molar-refractivity contribution is 0.0398. The van der Waals surface area contributed by atoms with Crippen molar-refractivity contribution in [2.75, 3.05) is 51.3 Å². The average molecular weight is 423 g/mol. The Kier molecular flexibility index (Phi) is 9.07. The molecule has 0 amide bonds. The summed E-state index contributed by atoms with van der Waals surface area (Å²) >= 11 is 0. The maximum Gasteiger partial charge on any atom is 0.251 e. The lowest BCUT2D eigenvalue weighted by Gasteiger charge is -2.26. The zero-order chi connectivity index (χ0) is 21.3. The van der Waals surface area contributed by atoms with Gasteiger partial charge in [0.1, 0.15) is 6.07 Å². The van der Waals surface area contributed by atoms with E-state index in [1.807, 2.05) is 12.1 Å². The molecule has 1 aliphatic heterocycles. The van der Waals surface area contributed by atoms with E-state index in [0.717, 1.165) is 45.1 Å². The zero-order valence-corrected chi connectivity index (χ0v) is 17.8. The molecule has 0 radical (unpaired) electrons. The molecule has 1 aromatic rings. The van der Waals surface area contributed by atoms with Crippen LogP contribution in [0, 0.1) is 11.3 Å². The molecule has 0 bridgehead atoms. The lowest BCUT2D eigenvalue weighted by atomic mass is 10.1. The molecule has 3 N–H and O–H groups in total. The number of hydrogen-bond donors (Lipinski definition) is 3. The van der Waals surface area contributed by atoms with Gasteiger partial charge in [-0.25, -0.2) is 13.1 Å². The molecule has 0 saturated carbocycles. The molecule has 1 unspecified atom stereocenters. The van der Waals surface area contributed by atoms with Crippen LogP contribution in [0.15, 0.2) is 29.2 Å². The molecule has 1 heterocycles. The summed E-state index contributed by atoms with van der Waals surface area (Å²) in [5.74, 6) is 0. The number of nitrogens with zero attached hydrogens (tertiary/aromatic N) is 2. The first-order chi connectivity index (χ1) is 13.9. The fourth-order valence-corrected chi connectivity index (χ4v) is 4.12. The molecule has 0 spiro atoms. The van der Waals surface area contributed by atoms with E-state index in [1.54, 1.807) is 32.0 Å². The van der Waals surface area contributed by atoms with E-state index in [0.29, 0.717) is 17.6 Å². The number of ether oxygens (including phenoxy) is 1. The molecule has 1 fully saturated rings. The minimum atomic E-state index is -3.98. The Bertz CT molecular complexity index is 825. The summed E-state index contributed by atoms with van der Waals surface area (Å²) in [6.07, 6.45) is -0.361. The molecule has 8 nitrogen and oxygen atoms in total. The zero-order valence-electron chi connectivity index (χ0n) is 17.0. The van der Waals surface area contributed by atoms with E-state index in [-0.39, 0.29) is 11.4 Å². The number of rotatable bonds is 10. The van der Waals surface area contributed by atoms with Gasteiger partial charge < -0.3 is 15.2 Å². The third-order valence-electron chi connectivity index (χ3n) is 4.87. The number of aliphatic hydroxyl groups excluding tert-OH is 1. The van der Waals surface area contributed by atoms with Crippen molar-refractivity contribution in [2.45, 2.75) is 26.4 Å². The van der Waals surface area contributed by atoms with Crippen LogP contribution >= 0.6 is 0 Å². The predicted octanol–water partition coefficient (Wildman–Crippen LogP) is 1.38. The normalized spacial score (nSPS) is 17.3. The second kappa shape index (κ2) is 11.3. The van der Waals surface area contributed by atoms with Crippen molar-refractivity contribution < 1.29 is 18.3 Å². The standard InChI is InChI=1S/C20H30N4O4S/c1-3-19(25)15-23-29(26,27)20(14-21)16(2)17-4-6-18(7-5-17)22-8-9-24-10-12-28-13-11-24/h4-7,19,22-23,25H,3,8-13,15H2,1-2H3/b20-16+. The van der Waals surface area contributed by atoms with Gasteiger partial charge >= 0.3 is 0 Å². The third-order valence-corrected chi connectivity index (χ3v) is 6.35. The number of aliphatic hydroxyl groups is 1. The molecule has 1 aromatic carbocycles. The first-order valence-electron chi connectivity index (χ1n) is 9.80. The van der Waals surface area contributed by atoms with Crippen molar-refractivity contribution >= 4 is 21.3 Å². The number of hydrogen-bond acceptors (Lipinski definition) is 7. The van der Waals surface area contributed by atoms with Gasteiger partial charge in [0, 0.05) is 38.4 Å².